The minimum Gasteiger partial charge on any atom is -0.488 e. The van der Waals surface area contributed by atoms with Gasteiger partial charge in [0, 0.05) is 35.7 Å². The van der Waals surface area contributed by atoms with Crippen LogP contribution in [0.2, 0.25) is 0 Å². The molecule has 9 heteroatoms. The van der Waals surface area contributed by atoms with E-state index in [2.05, 4.69) is 26.2 Å². The summed E-state index contributed by atoms with van der Waals surface area (Å²) in [5, 5.41) is 3.49. The van der Waals surface area contributed by atoms with Gasteiger partial charge in [0.05, 0.1) is 5.56 Å². The Balaban J connectivity index is 1.56. The van der Waals surface area contributed by atoms with Crippen LogP contribution in [0.3, 0.4) is 0 Å². The Kier molecular flexibility index (Phi) is 8.68. The van der Waals surface area contributed by atoms with Crippen molar-refractivity contribution in [2.45, 2.75) is 26.9 Å². The molecule has 0 bridgehead atoms. The van der Waals surface area contributed by atoms with Crippen LogP contribution in [0.4, 0.5) is 4.39 Å². The number of fused-ring (bicyclic) bond motifs is 1. The maximum Gasteiger partial charge on any atom is 0.252 e. The molecule has 2 amide bonds. The molecule has 0 aliphatic rings. The Morgan fingerprint density at radius 1 is 1.02 bits per heavy atom. The predicted octanol–water partition coefficient (Wildman–Crippen LogP) is 7.05. The fourth-order valence-electron chi connectivity index (χ4n) is 4.61. The van der Waals surface area contributed by atoms with Crippen LogP contribution in [0.15, 0.2) is 88.0 Å². The maximum absolute atomic E-state index is 13.4. The highest BCUT2D eigenvalue weighted by atomic mass is 79.9. The molecule has 214 valence electrons. The van der Waals surface area contributed by atoms with E-state index in [9.17, 15) is 14.0 Å². The zero-order chi connectivity index (χ0) is 29.8. The number of amides is 2. The Morgan fingerprint density at radius 3 is 2.52 bits per heavy atom. The number of primary amides is 1. The average Bonchev–Trinajstić information content (AvgIpc) is 3.33. The normalized spacial score (nSPS) is 11.2. The van der Waals surface area contributed by atoms with Crippen LogP contribution in [-0.2, 0) is 13.0 Å². The van der Waals surface area contributed by atoms with Gasteiger partial charge in [-0.1, -0.05) is 32.0 Å². The molecule has 0 atom stereocenters. The molecule has 3 aromatic carbocycles. The van der Waals surface area contributed by atoms with Gasteiger partial charge in [0.1, 0.15) is 34.1 Å². The van der Waals surface area contributed by atoms with Crippen LogP contribution >= 0.6 is 15.9 Å². The van der Waals surface area contributed by atoms with Crippen molar-refractivity contribution in [3.8, 4) is 16.9 Å². The number of aromatic nitrogens is 1. The molecule has 0 aliphatic heterocycles. The summed E-state index contributed by atoms with van der Waals surface area (Å²) in [5.74, 6) is 0.0671. The van der Waals surface area contributed by atoms with Crippen molar-refractivity contribution >= 4 is 38.7 Å². The maximum atomic E-state index is 13.4. The molecule has 0 fully saturated rings. The van der Waals surface area contributed by atoms with Crippen LogP contribution in [-0.4, -0.2) is 23.3 Å². The van der Waals surface area contributed by atoms with E-state index >= 15 is 0 Å². The highest BCUT2D eigenvalue weighted by Gasteiger charge is 2.21. The third kappa shape index (κ3) is 6.69. The lowest BCUT2D eigenvalue weighted by Gasteiger charge is -2.15. The number of carbonyl (C=O) groups excluding carboxylic acids is 2. The number of nitrogens with two attached hydrogens (primary N) is 1. The second kappa shape index (κ2) is 12.6. The molecule has 0 saturated carbocycles. The van der Waals surface area contributed by atoms with Crippen LogP contribution in [0.5, 0.6) is 5.75 Å². The second-order valence-electron chi connectivity index (χ2n) is 10.4. The van der Waals surface area contributed by atoms with Gasteiger partial charge in [-0.2, -0.15) is 0 Å². The van der Waals surface area contributed by atoms with Gasteiger partial charge in [-0.15, -0.1) is 0 Å². The predicted molar refractivity (Wildman–Crippen MR) is 163 cm³/mol. The van der Waals surface area contributed by atoms with E-state index in [1.165, 1.54) is 12.1 Å². The molecule has 0 radical (unpaired) electrons. The summed E-state index contributed by atoms with van der Waals surface area (Å²) in [6.07, 6.45) is 1.96. The number of benzene rings is 3. The molecule has 0 unspecified atom stereocenters. The molecule has 42 heavy (non-hydrogen) atoms. The van der Waals surface area contributed by atoms with Crippen LogP contribution in [0.25, 0.3) is 22.1 Å². The van der Waals surface area contributed by atoms with E-state index in [4.69, 9.17) is 14.9 Å². The molecule has 5 rings (SSSR count). The topological polar surface area (TPSA) is 107 Å². The highest BCUT2D eigenvalue weighted by Crippen LogP contribution is 2.36. The van der Waals surface area contributed by atoms with Gasteiger partial charge in [0.2, 0.25) is 0 Å². The Labute approximate surface area is 251 Å². The minimum atomic E-state index is -0.635. The van der Waals surface area contributed by atoms with Gasteiger partial charge in [-0.3, -0.25) is 9.59 Å². The number of hydrogen-bond donors (Lipinski definition) is 2. The number of nitrogens with one attached hydrogen (secondary N) is 1. The number of carbonyl (C=O) groups is 2. The van der Waals surface area contributed by atoms with Gasteiger partial charge in [0.15, 0.2) is 0 Å². The highest BCUT2D eigenvalue weighted by molar-refractivity contribution is 9.10. The molecular formula is C33H29BrFN3O4. The summed E-state index contributed by atoms with van der Waals surface area (Å²) in [7, 11) is 0. The lowest BCUT2D eigenvalue weighted by molar-refractivity contribution is 0.0947. The zero-order valence-electron chi connectivity index (χ0n) is 23.1. The molecule has 2 aromatic heterocycles. The first-order chi connectivity index (χ1) is 20.2. The van der Waals surface area contributed by atoms with Crippen molar-refractivity contribution in [1.82, 2.24) is 10.3 Å². The zero-order valence-corrected chi connectivity index (χ0v) is 24.7. The van der Waals surface area contributed by atoms with E-state index in [1.807, 2.05) is 38.1 Å². The average molecular weight is 631 g/mol. The summed E-state index contributed by atoms with van der Waals surface area (Å²) in [6, 6.07) is 20.4. The molecular weight excluding hydrogens is 601 g/mol. The van der Waals surface area contributed by atoms with Crippen LogP contribution in [0, 0.1) is 11.7 Å². The Morgan fingerprint density at radius 2 is 1.81 bits per heavy atom. The fourth-order valence-corrected chi connectivity index (χ4v) is 5.03. The second-order valence-corrected chi connectivity index (χ2v) is 11.2. The molecule has 7 nitrogen and oxygen atoms in total. The first-order valence-corrected chi connectivity index (χ1v) is 14.2. The van der Waals surface area contributed by atoms with Gasteiger partial charge in [-0.05, 0) is 93.1 Å². The van der Waals surface area contributed by atoms with E-state index in [1.54, 1.807) is 42.6 Å². The van der Waals surface area contributed by atoms with Crippen molar-refractivity contribution in [1.29, 1.82) is 0 Å². The summed E-state index contributed by atoms with van der Waals surface area (Å²) in [4.78, 5) is 29.7. The molecule has 5 aromatic rings. The molecule has 0 saturated heterocycles. The molecule has 3 N–H and O–H groups in total. The Bertz CT molecular complexity index is 1770. The third-order valence-corrected chi connectivity index (χ3v) is 7.13. The Hall–Kier alpha value is -4.50. The molecule has 0 spiro atoms. The van der Waals surface area contributed by atoms with Crippen molar-refractivity contribution < 1.29 is 23.1 Å². The molecule has 2 heterocycles. The number of rotatable bonds is 10. The number of nitrogens with zero attached hydrogens (tertiary/aromatic N) is 1. The number of pyridine rings is 1. The van der Waals surface area contributed by atoms with Crippen molar-refractivity contribution in [3.63, 3.8) is 0 Å². The standard InChI is InChI=1S/C33H29BrFN3O4/c1-19(2)17-38-33(40)23-6-9-27(41-18-21-11-12-37-30(34)14-21)25(16-23)22-5-10-28-26(15-22)31(32(36)39)29(42-28)13-20-3-7-24(35)8-4-20/h3-12,14-16,19H,13,17-18H2,1-2H3,(H2,36,39)(H,38,40). The van der Waals surface area contributed by atoms with E-state index in [0.717, 1.165) is 11.1 Å². The fraction of sp³-hybridized carbons (Fsp3) is 0.182. The van der Waals surface area contributed by atoms with Crippen LogP contribution < -0.4 is 15.8 Å². The quantitative estimate of drug-likeness (QED) is 0.161. The lowest BCUT2D eigenvalue weighted by atomic mass is 9.98. The van der Waals surface area contributed by atoms with Crippen molar-refractivity contribution in [2.24, 2.45) is 11.7 Å². The smallest absolute Gasteiger partial charge is 0.252 e. The third-order valence-electron chi connectivity index (χ3n) is 6.69. The number of hydrogen-bond acceptors (Lipinski definition) is 5. The first kappa shape index (κ1) is 29.0. The largest absolute Gasteiger partial charge is 0.488 e. The summed E-state index contributed by atoms with van der Waals surface area (Å²) < 4.78 is 26.4. The number of furan rings is 1. The number of halogens is 2. The monoisotopic (exact) mass is 629 g/mol. The summed E-state index contributed by atoms with van der Waals surface area (Å²) in [6.45, 7) is 4.88. The number of ether oxygens (including phenoxy) is 1. The van der Waals surface area contributed by atoms with Gasteiger partial charge < -0.3 is 20.2 Å². The van der Waals surface area contributed by atoms with Gasteiger partial charge in [-0.25, -0.2) is 9.37 Å². The van der Waals surface area contributed by atoms with Crippen molar-refractivity contribution in [3.05, 3.63) is 117 Å². The van der Waals surface area contributed by atoms with E-state index in [-0.39, 0.29) is 30.3 Å². The van der Waals surface area contributed by atoms with Gasteiger partial charge in [0.25, 0.3) is 11.8 Å². The lowest BCUT2D eigenvalue weighted by Crippen LogP contribution is -2.27. The summed E-state index contributed by atoms with van der Waals surface area (Å²) in [5.41, 5.74) is 10.1. The SMILES string of the molecule is CC(C)CNC(=O)c1ccc(OCc2ccnc(Br)c2)c(-c2ccc3oc(Cc4ccc(F)cc4)c(C(N)=O)c3c2)c1. The van der Waals surface area contributed by atoms with Gasteiger partial charge >= 0.3 is 0 Å². The van der Waals surface area contributed by atoms with E-state index in [0.29, 0.717) is 56.2 Å². The van der Waals surface area contributed by atoms with Crippen LogP contribution in [0.1, 0.15) is 51.5 Å². The van der Waals surface area contributed by atoms with Crippen molar-refractivity contribution in [2.75, 3.05) is 6.54 Å². The molecule has 0 aliphatic carbocycles. The minimum absolute atomic E-state index is 0.196. The summed E-state index contributed by atoms with van der Waals surface area (Å²) >= 11 is 3.38. The van der Waals surface area contributed by atoms with E-state index < -0.39 is 5.91 Å². The first-order valence-electron chi connectivity index (χ1n) is 13.4.